The number of aliphatic imine (C=N–C) groups is 1. The minimum atomic E-state index is 0.132. The van der Waals surface area contributed by atoms with E-state index in [1.54, 1.807) is 6.07 Å². The lowest BCUT2D eigenvalue weighted by atomic mass is 10.0. The van der Waals surface area contributed by atoms with E-state index in [-0.39, 0.29) is 5.78 Å². The van der Waals surface area contributed by atoms with E-state index < -0.39 is 0 Å². The van der Waals surface area contributed by atoms with E-state index in [1.807, 2.05) is 18.2 Å². The van der Waals surface area contributed by atoms with Gasteiger partial charge in [-0.1, -0.05) is 12.1 Å². The molecule has 0 aliphatic carbocycles. The molecule has 0 unspecified atom stereocenters. The van der Waals surface area contributed by atoms with Gasteiger partial charge in [0.2, 0.25) is 0 Å². The number of benzene rings is 1. The average Bonchev–Trinajstić information content (AvgIpc) is 2.04. The third-order valence-electron chi connectivity index (χ3n) is 1.75. The molecule has 60 valence electrons. The molecule has 3 heteroatoms. The largest absolute Gasteiger partial charge is 0.294 e. The zero-order chi connectivity index (χ0) is 8.55. The molecule has 0 bridgehead atoms. The molecule has 0 saturated carbocycles. The Labute approximate surface area is 78.4 Å². The Hall–Kier alpha value is -0.960. The van der Waals surface area contributed by atoms with Crippen LogP contribution in [0.2, 0.25) is 0 Å². The van der Waals surface area contributed by atoms with Crippen molar-refractivity contribution in [3.05, 3.63) is 29.8 Å². The third-order valence-corrected chi connectivity index (χ3v) is 2.21. The van der Waals surface area contributed by atoms with Gasteiger partial charge < -0.3 is 0 Å². The van der Waals surface area contributed by atoms with Crippen LogP contribution in [-0.2, 0) is 0 Å². The van der Waals surface area contributed by atoms with Gasteiger partial charge in [0, 0.05) is 5.56 Å². The van der Waals surface area contributed by atoms with Gasteiger partial charge in [0.05, 0.1) is 16.7 Å². The summed E-state index contributed by atoms with van der Waals surface area (Å²) in [5.74, 6) is 0.132. The monoisotopic (exact) mass is 223 g/mol. The standard InChI is InChI=1S/C9H6BrNO/c10-9-5-8(12)6-3-1-2-4-7(6)11-9/h1-4H,5H2. The van der Waals surface area contributed by atoms with Crippen molar-refractivity contribution in [2.24, 2.45) is 4.99 Å². The maximum atomic E-state index is 11.4. The van der Waals surface area contributed by atoms with Gasteiger partial charge in [-0.15, -0.1) is 0 Å². The topological polar surface area (TPSA) is 29.4 Å². The fourth-order valence-corrected chi connectivity index (χ4v) is 1.65. The van der Waals surface area contributed by atoms with Gasteiger partial charge in [0.25, 0.3) is 0 Å². The van der Waals surface area contributed by atoms with Crippen LogP contribution in [0.5, 0.6) is 0 Å². The fourth-order valence-electron chi connectivity index (χ4n) is 1.20. The van der Waals surface area contributed by atoms with Crippen LogP contribution in [0, 0.1) is 0 Å². The highest BCUT2D eigenvalue weighted by Crippen LogP contribution is 2.26. The van der Waals surface area contributed by atoms with Crippen molar-refractivity contribution >= 4 is 32.0 Å². The molecular weight excluding hydrogens is 218 g/mol. The quantitative estimate of drug-likeness (QED) is 0.666. The number of fused-ring (bicyclic) bond motifs is 1. The molecule has 1 aliphatic rings. The first kappa shape index (κ1) is 7.68. The SMILES string of the molecule is O=C1CC(Br)=Nc2ccccc21. The van der Waals surface area contributed by atoms with Crippen molar-refractivity contribution in [3.8, 4) is 0 Å². The van der Waals surface area contributed by atoms with Crippen molar-refractivity contribution in [1.29, 1.82) is 0 Å². The summed E-state index contributed by atoms with van der Waals surface area (Å²) in [7, 11) is 0. The second kappa shape index (κ2) is 2.83. The number of ketones is 1. The number of para-hydroxylation sites is 1. The Balaban J connectivity index is 2.62. The summed E-state index contributed by atoms with van der Waals surface area (Å²) in [5.41, 5.74) is 1.49. The summed E-state index contributed by atoms with van der Waals surface area (Å²) in [6.45, 7) is 0. The molecule has 2 nitrogen and oxygen atoms in total. The average molecular weight is 224 g/mol. The summed E-state index contributed by atoms with van der Waals surface area (Å²) in [5, 5.41) is 0. The molecule has 2 rings (SSSR count). The Morgan fingerprint density at radius 2 is 2.08 bits per heavy atom. The van der Waals surface area contributed by atoms with E-state index in [2.05, 4.69) is 20.9 Å². The number of halogens is 1. The van der Waals surface area contributed by atoms with Gasteiger partial charge in [-0.25, -0.2) is 4.99 Å². The minimum absolute atomic E-state index is 0.132. The molecule has 0 N–H and O–H groups in total. The second-order valence-corrected chi connectivity index (χ2v) is 3.52. The molecule has 0 amide bonds. The molecule has 0 radical (unpaired) electrons. The third kappa shape index (κ3) is 1.20. The maximum absolute atomic E-state index is 11.4. The summed E-state index contributed by atoms with van der Waals surface area (Å²) in [6, 6.07) is 7.38. The second-order valence-electron chi connectivity index (χ2n) is 2.61. The predicted octanol–water partition coefficient (Wildman–Crippen LogP) is 2.70. The van der Waals surface area contributed by atoms with Crippen molar-refractivity contribution < 1.29 is 4.79 Å². The van der Waals surface area contributed by atoms with E-state index in [0.717, 1.165) is 11.3 Å². The summed E-state index contributed by atoms with van der Waals surface area (Å²) >= 11 is 3.23. The van der Waals surface area contributed by atoms with E-state index in [1.165, 1.54) is 0 Å². The molecule has 12 heavy (non-hydrogen) atoms. The van der Waals surface area contributed by atoms with Crippen LogP contribution >= 0.6 is 15.9 Å². The van der Waals surface area contributed by atoms with Crippen LogP contribution in [0.15, 0.2) is 29.3 Å². The van der Waals surface area contributed by atoms with Gasteiger partial charge in [-0.2, -0.15) is 0 Å². The molecule has 0 spiro atoms. The summed E-state index contributed by atoms with van der Waals surface area (Å²) in [4.78, 5) is 15.6. The van der Waals surface area contributed by atoms with Crippen LogP contribution in [0.1, 0.15) is 16.8 Å². The van der Waals surface area contributed by atoms with Gasteiger partial charge in [0.1, 0.15) is 0 Å². The fraction of sp³-hybridized carbons (Fsp3) is 0.111. The molecular formula is C9H6BrNO. The van der Waals surface area contributed by atoms with Crippen LogP contribution in [0.25, 0.3) is 0 Å². The van der Waals surface area contributed by atoms with Crippen LogP contribution < -0.4 is 0 Å². The molecule has 0 fully saturated rings. The number of nitrogens with zero attached hydrogens (tertiary/aromatic N) is 1. The molecule has 0 atom stereocenters. The van der Waals surface area contributed by atoms with Gasteiger partial charge in [0.15, 0.2) is 5.78 Å². The van der Waals surface area contributed by atoms with E-state index >= 15 is 0 Å². The zero-order valence-corrected chi connectivity index (χ0v) is 7.84. The lowest BCUT2D eigenvalue weighted by molar-refractivity contribution is 0.100. The lowest BCUT2D eigenvalue weighted by Crippen LogP contribution is -2.08. The molecule has 1 aliphatic heterocycles. The number of hydrogen-bond donors (Lipinski definition) is 0. The summed E-state index contributed by atoms with van der Waals surface area (Å²) < 4.78 is 0.714. The normalized spacial score (nSPS) is 15.4. The Morgan fingerprint density at radius 1 is 1.33 bits per heavy atom. The van der Waals surface area contributed by atoms with E-state index in [4.69, 9.17) is 0 Å². The highest BCUT2D eigenvalue weighted by atomic mass is 79.9. The van der Waals surface area contributed by atoms with E-state index in [0.29, 0.717) is 11.0 Å². The number of rotatable bonds is 0. The van der Waals surface area contributed by atoms with Crippen LogP contribution in [-0.4, -0.2) is 10.4 Å². The molecule has 0 saturated heterocycles. The zero-order valence-electron chi connectivity index (χ0n) is 6.25. The maximum Gasteiger partial charge on any atom is 0.171 e. The highest BCUT2D eigenvalue weighted by molar-refractivity contribution is 9.18. The highest BCUT2D eigenvalue weighted by Gasteiger charge is 2.17. The van der Waals surface area contributed by atoms with E-state index in [9.17, 15) is 4.79 Å². The Kier molecular flexibility index (Phi) is 1.81. The molecule has 1 aromatic rings. The number of carbonyl (C=O) groups is 1. The van der Waals surface area contributed by atoms with Crippen LogP contribution in [0.4, 0.5) is 5.69 Å². The van der Waals surface area contributed by atoms with Crippen molar-refractivity contribution in [1.82, 2.24) is 0 Å². The minimum Gasteiger partial charge on any atom is -0.294 e. The van der Waals surface area contributed by atoms with Crippen LogP contribution in [0.3, 0.4) is 0 Å². The van der Waals surface area contributed by atoms with Gasteiger partial charge in [-0.05, 0) is 28.1 Å². The Morgan fingerprint density at radius 3 is 2.92 bits per heavy atom. The lowest BCUT2D eigenvalue weighted by Gasteiger charge is -2.09. The number of hydrogen-bond acceptors (Lipinski definition) is 2. The van der Waals surface area contributed by atoms with Crippen molar-refractivity contribution in [2.45, 2.75) is 6.42 Å². The summed E-state index contributed by atoms with van der Waals surface area (Å²) in [6.07, 6.45) is 0.386. The first-order valence-corrected chi connectivity index (χ1v) is 4.42. The first-order valence-electron chi connectivity index (χ1n) is 3.62. The first-order chi connectivity index (χ1) is 5.77. The molecule has 0 aromatic heterocycles. The van der Waals surface area contributed by atoms with Gasteiger partial charge in [-0.3, -0.25) is 4.79 Å². The van der Waals surface area contributed by atoms with Gasteiger partial charge >= 0.3 is 0 Å². The number of Topliss-reactive ketones (excluding diaryl/α,β-unsaturated/α-hetero) is 1. The molecule has 1 heterocycles. The smallest absolute Gasteiger partial charge is 0.171 e. The van der Waals surface area contributed by atoms with Crippen molar-refractivity contribution in [3.63, 3.8) is 0 Å². The predicted molar refractivity (Wildman–Crippen MR) is 51.4 cm³/mol. The van der Waals surface area contributed by atoms with Crippen molar-refractivity contribution in [2.75, 3.05) is 0 Å². The number of carbonyl (C=O) groups excluding carboxylic acids is 1. The molecule has 1 aromatic carbocycles. The Bertz CT molecular complexity index is 371.